The number of unbranched alkanes of at least 4 members (excludes halogenated alkanes) is 18. The van der Waals surface area contributed by atoms with Crippen molar-refractivity contribution in [1.29, 1.82) is 0 Å². The van der Waals surface area contributed by atoms with Gasteiger partial charge in [-0.1, -0.05) is 134 Å². The standard InChI is InChI=1S/C45H81NO8/c1-6-8-10-12-14-16-18-20-21-22-24-25-27-29-31-33-35-42(47)52-39-41(40-53-45(44(49)50)51-38-37-46(3,4)5)54-43(48)36-34-32-30-28-26-23-19-17-15-13-11-9-7-2/h11,13,17,19,21-22,41,45H,6-10,12,14-16,18,20,23-40H2,1-5H3/b13-11-,19-17-,22-21-. The summed E-state index contributed by atoms with van der Waals surface area (Å²) >= 11 is 0. The molecule has 0 radical (unpaired) electrons. The highest BCUT2D eigenvalue weighted by atomic mass is 16.7. The summed E-state index contributed by atoms with van der Waals surface area (Å²) in [5.74, 6) is -2.32. The van der Waals surface area contributed by atoms with Gasteiger partial charge in [-0.3, -0.25) is 9.59 Å². The van der Waals surface area contributed by atoms with E-state index in [1.165, 1.54) is 57.8 Å². The Hall–Kier alpha value is -2.49. The van der Waals surface area contributed by atoms with Crippen LogP contribution in [0.25, 0.3) is 0 Å². The number of carboxylic acids is 1. The molecule has 0 N–H and O–H groups in total. The van der Waals surface area contributed by atoms with Crippen LogP contribution in [0.5, 0.6) is 0 Å². The molecule has 0 aliphatic carbocycles. The van der Waals surface area contributed by atoms with E-state index in [0.29, 0.717) is 17.4 Å². The van der Waals surface area contributed by atoms with Gasteiger partial charge in [0, 0.05) is 12.8 Å². The number of carbonyl (C=O) groups excluding carboxylic acids is 3. The highest BCUT2D eigenvalue weighted by Gasteiger charge is 2.21. The Morgan fingerprint density at radius 3 is 1.56 bits per heavy atom. The van der Waals surface area contributed by atoms with E-state index in [2.05, 4.69) is 50.3 Å². The second-order valence-corrected chi connectivity index (χ2v) is 15.6. The maximum absolute atomic E-state index is 12.7. The van der Waals surface area contributed by atoms with Crippen molar-refractivity contribution in [2.45, 2.75) is 187 Å². The minimum atomic E-state index is -1.62. The third-order valence-electron chi connectivity index (χ3n) is 9.09. The predicted molar refractivity (Wildman–Crippen MR) is 219 cm³/mol. The largest absolute Gasteiger partial charge is 0.545 e. The van der Waals surface area contributed by atoms with E-state index >= 15 is 0 Å². The van der Waals surface area contributed by atoms with Gasteiger partial charge in [0.15, 0.2) is 12.4 Å². The molecule has 2 unspecified atom stereocenters. The Kier molecular flexibility index (Phi) is 35.7. The molecule has 9 heteroatoms. The molecule has 0 saturated heterocycles. The van der Waals surface area contributed by atoms with Crippen molar-refractivity contribution >= 4 is 17.9 Å². The zero-order valence-electron chi connectivity index (χ0n) is 35.3. The molecule has 314 valence electrons. The van der Waals surface area contributed by atoms with Gasteiger partial charge in [-0.05, 0) is 64.2 Å². The van der Waals surface area contributed by atoms with Crippen LogP contribution in [0.2, 0.25) is 0 Å². The fraction of sp³-hybridized carbons (Fsp3) is 0.800. The number of likely N-dealkylation sites (N-methyl/N-ethyl adjacent to an activating group) is 1. The molecule has 0 saturated carbocycles. The topological polar surface area (TPSA) is 111 Å². The number of carbonyl (C=O) groups is 3. The molecule has 0 aliphatic heterocycles. The van der Waals surface area contributed by atoms with Crippen molar-refractivity contribution in [3.8, 4) is 0 Å². The molecule has 54 heavy (non-hydrogen) atoms. The number of rotatable bonds is 39. The Bertz CT molecular complexity index is 987. The van der Waals surface area contributed by atoms with E-state index in [1.807, 2.05) is 21.1 Å². The fourth-order valence-corrected chi connectivity index (χ4v) is 5.68. The number of quaternary nitrogens is 1. The number of nitrogens with zero attached hydrogens (tertiary/aromatic N) is 1. The van der Waals surface area contributed by atoms with Crippen LogP contribution in [0.15, 0.2) is 36.5 Å². The lowest BCUT2D eigenvalue weighted by molar-refractivity contribution is -0.870. The molecule has 0 amide bonds. The quantitative estimate of drug-likeness (QED) is 0.0200. The van der Waals surface area contributed by atoms with Crippen molar-refractivity contribution in [3.05, 3.63) is 36.5 Å². The van der Waals surface area contributed by atoms with Gasteiger partial charge in [0.1, 0.15) is 13.2 Å². The van der Waals surface area contributed by atoms with Gasteiger partial charge >= 0.3 is 11.9 Å². The Morgan fingerprint density at radius 2 is 1.04 bits per heavy atom. The van der Waals surface area contributed by atoms with Crippen LogP contribution >= 0.6 is 0 Å². The van der Waals surface area contributed by atoms with Gasteiger partial charge in [-0.15, -0.1) is 0 Å². The molecule has 0 aromatic rings. The third-order valence-corrected chi connectivity index (χ3v) is 9.09. The van der Waals surface area contributed by atoms with E-state index < -0.39 is 24.3 Å². The van der Waals surface area contributed by atoms with Gasteiger partial charge in [0.25, 0.3) is 0 Å². The molecule has 0 spiro atoms. The monoisotopic (exact) mass is 764 g/mol. The number of carboxylic acid groups (broad SMARTS) is 1. The molecule has 2 atom stereocenters. The van der Waals surface area contributed by atoms with Crippen LogP contribution in [0.3, 0.4) is 0 Å². The van der Waals surface area contributed by atoms with Crippen molar-refractivity contribution in [3.63, 3.8) is 0 Å². The number of ether oxygens (including phenoxy) is 4. The van der Waals surface area contributed by atoms with Crippen molar-refractivity contribution in [2.75, 3.05) is 47.5 Å². The summed E-state index contributed by atoms with van der Waals surface area (Å²) in [7, 11) is 5.89. The molecule has 0 fully saturated rings. The average molecular weight is 764 g/mol. The van der Waals surface area contributed by atoms with Gasteiger partial charge in [0.05, 0.1) is 40.3 Å². The van der Waals surface area contributed by atoms with Crippen molar-refractivity contribution in [2.24, 2.45) is 0 Å². The summed E-state index contributed by atoms with van der Waals surface area (Å²) < 4.78 is 22.5. The number of aliphatic carboxylic acids is 1. The van der Waals surface area contributed by atoms with Crippen LogP contribution in [0.1, 0.15) is 174 Å². The maximum Gasteiger partial charge on any atom is 0.306 e. The van der Waals surface area contributed by atoms with Crippen LogP contribution in [0.4, 0.5) is 0 Å². The zero-order valence-corrected chi connectivity index (χ0v) is 35.3. The van der Waals surface area contributed by atoms with E-state index in [-0.39, 0.29) is 38.6 Å². The van der Waals surface area contributed by atoms with Crippen molar-refractivity contribution in [1.82, 2.24) is 0 Å². The summed E-state index contributed by atoms with van der Waals surface area (Å²) in [5.41, 5.74) is 0. The first-order chi connectivity index (χ1) is 26.1. The van der Waals surface area contributed by atoms with E-state index in [0.717, 1.165) is 83.5 Å². The second kappa shape index (κ2) is 37.4. The summed E-state index contributed by atoms with van der Waals surface area (Å²) in [5, 5.41) is 11.7. The third kappa shape index (κ3) is 37.8. The van der Waals surface area contributed by atoms with Crippen molar-refractivity contribution < 1.29 is 42.9 Å². The van der Waals surface area contributed by atoms with Gasteiger partial charge in [0.2, 0.25) is 0 Å². The van der Waals surface area contributed by atoms with Crippen LogP contribution in [-0.2, 0) is 33.3 Å². The molecule has 0 aromatic carbocycles. The molecule has 0 aromatic heterocycles. The smallest absolute Gasteiger partial charge is 0.306 e. The fourth-order valence-electron chi connectivity index (χ4n) is 5.68. The van der Waals surface area contributed by atoms with Crippen LogP contribution in [-0.4, -0.2) is 82.3 Å². The highest BCUT2D eigenvalue weighted by Crippen LogP contribution is 2.13. The molecular weight excluding hydrogens is 682 g/mol. The van der Waals surface area contributed by atoms with E-state index in [1.54, 1.807) is 0 Å². The Labute approximate surface area is 330 Å². The summed E-state index contributed by atoms with van der Waals surface area (Å²) in [6.45, 7) is 4.63. The van der Waals surface area contributed by atoms with Crippen LogP contribution < -0.4 is 5.11 Å². The lowest BCUT2D eigenvalue weighted by Crippen LogP contribution is -2.44. The number of hydrogen-bond acceptors (Lipinski definition) is 8. The SMILES string of the molecule is CCC/C=C\C/C=C\CCCCCCCC(=O)OC(COC(=O)CCCCCCC/C=C\CCCCCCCCC)COC(OCC[N+](C)(C)C)C(=O)[O-]. The zero-order chi connectivity index (χ0) is 40.0. The van der Waals surface area contributed by atoms with Gasteiger partial charge < -0.3 is 33.3 Å². The molecule has 9 nitrogen and oxygen atoms in total. The predicted octanol–water partition coefficient (Wildman–Crippen LogP) is 9.72. The normalized spacial score (nSPS) is 13.3. The Morgan fingerprint density at radius 1 is 0.556 bits per heavy atom. The summed E-state index contributed by atoms with van der Waals surface area (Å²) in [6, 6.07) is 0. The number of esters is 2. The number of hydrogen-bond donors (Lipinski definition) is 0. The molecular formula is C45H81NO8. The maximum atomic E-state index is 12.7. The Balaban J connectivity index is 4.48. The minimum absolute atomic E-state index is 0.143. The summed E-state index contributed by atoms with van der Waals surface area (Å²) in [4.78, 5) is 36.9. The molecule has 0 heterocycles. The lowest BCUT2D eigenvalue weighted by atomic mass is 10.1. The van der Waals surface area contributed by atoms with Crippen LogP contribution in [0, 0.1) is 0 Å². The molecule has 0 bridgehead atoms. The number of allylic oxidation sites excluding steroid dienone is 6. The first-order valence-corrected chi connectivity index (χ1v) is 21.6. The van der Waals surface area contributed by atoms with Gasteiger partial charge in [-0.2, -0.15) is 0 Å². The molecule has 0 rings (SSSR count). The second-order valence-electron chi connectivity index (χ2n) is 15.6. The highest BCUT2D eigenvalue weighted by molar-refractivity contribution is 5.70. The van der Waals surface area contributed by atoms with E-state index in [4.69, 9.17) is 18.9 Å². The minimum Gasteiger partial charge on any atom is -0.545 e. The summed E-state index contributed by atoms with van der Waals surface area (Å²) in [6.07, 6.45) is 37.4. The average Bonchev–Trinajstić information content (AvgIpc) is 3.12. The first-order valence-electron chi connectivity index (χ1n) is 21.6. The van der Waals surface area contributed by atoms with Gasteiger partial charge in [-0.25, -0.2) is 0 Å². The molecule has 0 aliphatic rings. The first kappa shape index (κ1) is 51.5. The van der Waals surface area contributed by atoms with E-state index in [9.17, 15) is 19.5 Å². The lowest BCUT2D eigenvalue weighted by Gasteiger charge is -2.26.